The largest absolute Gasteiger partial charge is 0.379 e. The zero-order valence-corrected chi connectivity index (χ0v) is 16.5. The number of amides is 1. The highest BCUT2D eigenvalue weighted by atomic mass is 16.1. The Morgan fingerprint density at radius 1 is 0.900 bits per heavy atom. The summed E-state index contributed by atoms with van der Waals surface area (Å²) < 4.78 is 0. The molecule has 0 aliphatic heterocycles. The fourth-order valence-electron chi connectivity index (χ4n) is 3.01. The van der Waals surface area contributed by atoms with Crippen LogP contribution in [0.2, 0.25) is 0 Å². The Kier molecular flexibility index (Phi) is 6.75. The highest BCUT2D eigenvalue weighted by Crippen LogP contribution is 2.22. The topological polar surface area (TPSA) is 82.0 Å². The molecule has 0 spiro atoms. The van der Waals surface area contributed by atoms with Gasteiger partial charge in [-0.25, -0.2) is 0 Å². The second-order valence-electron chi connectivity index (χ2n) is 6.68. The predicted molar refractivity (Wildman–Crippen MR) is 117 cm³/mol. The third-order valence-corrected chi connectivity index (χ3v) is 4.55. The average Bonchev–Trinajstić information content (AvgIpc) is 2.78. The van der Waals surface area contributed by atoms with Crippen molar-refractivity contribution in [2.24, 2.45) is 0 Å². The molecule has 2 N–H and O–H groups in total. The van der Waals surface area contributed by atoms with Crippen LogP contribution in [0, 0.1) is 11.3 Å². The Bertz CT molecular complexity index is 1060. The quantitative estimate of drug-likeness (QED) is 0.348. The van der Waals surface area contributed by atoms with Gasteiger partial charge in [-0.1, -0.05) is 72.8 Å². The molecule has 0 saturated heterocycles. The SMILES string of the molecule is CC(=O)c1cccc(NC(=O)/C(C#N)=C\NC(c2ccccc2)c2ccccc2)c1. The third-order valence-electron chi connectivity index (χ3n) is 4.55. The summed E-state index contributed by atoms with van der Waals surface area (Å²) in [6, 6.07) is 27.9. The van der Waals surface area contributed by atoms with Crippen LogP contribution in [-0.4, -0.2) is 11.7 Å². The first kappa shape index (κ1) is 20.6. The van der Waals surface area contributed by atoms with E-state index in [1.807, 2.05) is 66.7 Å². The van der Waals surface area contributed by atoms with Crippen molar-refractivity contribution >= 4 is 17.4 Å². The summed E-state index contributed by atoms with van der Waals surface area (Å²) in [5.74, 6) is -0.650. The number of hydrogen-bond donors (Lipinski definition) is 2. The molecule has 0 atom stereocenters. The summed E-state index contributed by atoms with van der Waals surface area (Å²) >= 11 is 0. The number of anilines is 1. The van der Waals surface area contributed by atoms with E-state index >= 15 is 0 Å². The van der Waals surface area contributed by atoms with E-state index in [9.17, 15) is 14.9 Å². The van der Waals surface area contributed by atoms with Crippen LogP contribution >= 0.6 is 0 Å². The first-order valence-electron chi connectivity index (χ1n) is 9.47. The van der Waals surface area contributed by atoms with Crippen LogP contribution in [0.5, 0.6) is 0 Å². The fraction of sp³-hybridized carbons (Fsp3) is 0.0800. The van der Waals surface area contributed by atoms with Crippen LogP contribution in [0.4, 0.5) is 5.69 Å². The van der Waals surface area contributed by atoms with Gasteiger partial charge in [0.2, 0.25) is 0 Å². The normalized spacial score (nSPS) is 10.9. The molecule has 5 heteroatoms. The number of hydrogen-bond acceptors (Lipinski definition) is 4. The van der Waals surface area contributed by atoms with E-state index in [4.69, 9.17) is 0 Å². The van der Waals surface area contributed by atoms with Crippen molar-refractivity contribution in [3.8, 4) is 6.07 Å². The van der Waals surface area contributed by atoms with Crippen LogP contribution < -0.4 is 10.6 Å². The maximum Gasteiger partial charge on any atom is 0.267 e. The summed E-state index contributed by atoms with van der Waals surface area (Å²) in [6.45, 7) is 1.46. The van der Waals surface area contributed by atoms with Crippen LogP contribution in [-0.2, 0) is 4.79 Å². The second kappa shape index (κ2) is 9.85. The monoisotopic (exact) mass is 395 g/mol. The van der Waals surface area contributed by atoms with Crippen molar-refractivity contribution in [1.82, 2.24) is 5.32 Å². The van der Waals surface area contributed by atoms with Crippen molar-refractivity contribution in [2.45, 2.75) is 13.0 Å². The van der Waals surface area contributed by atoms with Crippen molar-refractivity contribution in [3.05, 3.63) is 113 Å². The average molecular weight is 395 g/mol. The van der Waals surface area contributed by atoms with Gasteiger partial charge in [0.15, 0.2) is 5.78 Å². The molecule has 0 unspecified atom stereocenters. The molecule has 5 nitrogen and oxygen atoms in total. The van der Waals surface area contributed by atoms with Gasteiger partial charge in [-0.05, 0) is 30.2 Å². The lowest BCUT2D eigenvalue weighted by molar-refractivity contribution is -0.112. The van der Waals surface area contributed by atoms with Gasteiger partial charge in [-0.15, -0.1) is 0 Å². The van der Waals surface area contributed by atoms with Gasteiger partial charge in [0.1, 0.15) is 11.6 Å². The lowest BCUT2D eigenvalue weighted by Gasteiger charge is -2.19. The molecule has 30 heavy (non-hydrogen) atoms. The number of nitriles is 1. The number of rotatable bonds is 7. The minimum absolute atomic E-state index is 0.0694. The summed E-state index contributed by atoms with van der Waals surface area (Å²) in [4.78, 5) is 24.1. The number of Topliss-reactive ketones (excluding diaryl/α,β-unsaturated/α-hetero) is 1. The molecule has 3 rings (SSSR count). The fourth-order valence-corrected chi connectivity index (χ4v) is 3.01. The van der Waals surface area contributed by atoms with Gasteiger partial charge in [0, 0.05) is 17.5 Å². The van der Waals surface area contributed by atoms with Gasteiger partial charge in [0.25, 0.3) is 5.91 Å². The van der Waals surface area contributed by atoms with Gasteiger partial charge in [-0.2, -0.15) is 5.26 Å². The minimum Gasteiger partial charge on any atom is -0.379 e. The van der Waals surface area contributed by atoms with Crippen LogP contribution in [0.15, 0.2) is 96.7 Å². The maximum absolute atomic E-state index is 12.6. The molecule has 0 heterocycles. The smallest absolute Gasteiger partial charge is 0.267 e. The number of nitrogens with one attached hydrogen (secondary N) is 2. The van der Waals surface area contributed by atoms with E-state index in [1.165, 1.54) is 13.1 Å². The van der Waals surface area contributed by atoms with Gasteiger partial charge in [-0.3, -0.25) is 9.59 Å². The van der Waals surface area contributed by atoms with E-state index in [0.717, 1.165) is 11.1 Å². The minimum atomic E-state index is -0.550. The maximum atomic E-state index is 12.6. The molecule has 3 aromatic carbocycles. The molecule has 0 aliphatic carbocycles. The van der Waals surface area contributed by atoms with Gasteiger partial charge < -0.3 is 10.6 Å². The number of benzene rings is 3. The summed E-state index contributed by atoms with van der Waals surface area (Å²) in [5.41, 5.74) is 2.89. The first-order chi connectivity index (χ1) is 14.6. The first-order valence-corrected chi connectivity index (χ1v) is 9.47. The Morgan fingerprint density at radius 2 is 1.50 bits per heavy atom. The van der Waals surface area contributed by atoms with Gasteiger partial charge >= 0.3 is 0 Å². The van der Waals surface area contributed by atoms with Crippen LogP contribution in [0.3, 0.4) is 0 Å². The zero-order valence-electron chi connectivity index (χ0n) is 16.5. The Labute approximate surface area is 175 Å². The van der Waals surface area contributed by atoms with Crippen molar-refractivity contribution in [3.63, 3.8) is 0 Å². The van der Waals surface area contributed by atoms with E-state index in [2.05, 4.69) is 10.6 Å². The molecule has 0 fully saturated rings. The third kappa shape index (κ3) is 5.21. The summed E-state index contributed by atoms with van der Waals surface area (Å²) in [7, 11) is 0. The Morgan fingerprint density at radius 3 is 2.03 bits per heavy atom. The lowest BCUT2D eigenvalue weighted by Crippen LogP contribution is -2.21. The molecule has 0 radical (unpaired) electrons. The molecule has 1 amide bonds. The molecule has 0 aromatic heterocycles. The summed E-state index contributed by atoms with van der Waals surface area (Å²) in [6.07, 6.45) is 1.43. The molecule has 3 aromatic rings. The molecule has 0 bridgehead atoms. The van der Waals surface area contributed by atoms with E-state index in [1.54, 1.807) is 24.3 Å². The second-order valence-corrected chi connectivity index (χ2v) is 6.68. The molecule has 148 valence electrons. The van der Waals surface area contributed by atoms with Crippen molar-refractivity contribution in [1.29, 1.82) is 5.26 Å². The lowest BCUT2D eigenvalue weighted by atomic mass is 9.99. The van der Waals surface area contributed by atoms with Gasteiger partial charge in [0.05, 0.1) is 6.04 Å². The standard InChI is InChI=1S/C25H21N3O2/c1-18(29)21-13-8-14-23(15-21)28-25(30)22(16-26)17-27-24(19-9-4-2-5-10-19)20-11-6-3-7-12-20/h2-15,17,24,27H,1H3,(H,28,30)/b22-17-. The predicted octanol–water partition coefficient (Wildman–Crippen LogP) is 4.61. The highest BCUT2D eigenvalue weighted by Gasteiger charge is 2.15. The molecular weight excluding hydrogens is 374 g/mol. The molecule has 0 aliphatic rings. The number of carbonyl (C=O) groups is 2. The highest BCUT2D eigenvalue weighted by molar-refractivity contribution is 6.07. The van der Waals surface area contributed by atoms with E-state index < -0.39 is 5.91 Å². The number of carbonyl (C=O) groups excluding carboxylic acids is 2. The number of ketones is 1. The van der Waals surface area contributed by atoms with Crippen molar-refractivity contribution in [2.75, 3.05) is 5.32 Å². The zero-order chi connectivity index (χ0) is 21.3. The van der Waals surface area contributed by atoms with Crippen LogP contribution in [0.25, 0.3) is 0 Å². The Balaban J connectivity index is 1.82. The Hall–Kier alpha value is -4.17. The molecular formula is C25H21N3O2. The van der Waals surface area contributed by atoms with Crippen LogP contribution in [0.1, 0.15) is 34.5 Å². The van der Waals surface area contributed by atoms with Crippen molar-refractivity contribution < 1.29 is 9.59 Å². The van der Waals surface area contributed by atoms with E-state index in [0.29, 0.717) is 11.3 Å². The number of nitrogens with zero attached hydrogens (tertiary/aromatic N) is 1. The summed E-state index contributed by atoms with van der Waals surface area (Å²) in [5, 5.41) is 15.4. The molecule has 0 saturated carbocycles. The van der Waals surface area contributed by atoms with E-state index in [-0.39, 0.29) is 17.4 Å².